The van der Waals surface area contributed by atoms with Crippen molar-refractivity contribution in [2.75, 3.05) is 11.9 Å². The highest BCUT2D eigenvalue weighted by Gasteiger charge is 2.22. The number of carbonyl (C=O) groups is 3. The molecule has 0 unspecified atom stereocenters. The van der Waals surface area contributed by atoms with Crippen molar-refractivity contribution in [3.8, 4) is 0 Å². The predicted octanol–water partition coefficient (Wildman–Crippen LogP) is 2.41. The Morgan fingerprint density at radius 2 is 1.79 bits per heavy atom. The molecule has 1 heterocycles. The smallest absolute Gasteiger partial charge is 0.326 e. The van der Waals surface area contributed by atoms with Gasteiger partial charge in [0.1, 0.15) is 6.04 Å². The van der Waals surface area contributed by atoms with Crippen LogP contribution in [0.1, 0.15) is 11.1 Å². The summed E-state index contributed by atoms with van der Waals surface area (Å²) >= 11 is 0. The predicted molar refractivity (Wildman–Crippen MR) is 110 cm³/mol. The molecule has 150 valence electrons. The van der Waals surface area contributed by atoms with E-state index in [4.69, 9.17) is 0 Å². The summed E-state index contributed by atoms with van der Waals surface area (Å²) in [7, 11) is 0. The maximum atomic E-state index is 12.1. The number of benzene rings is 2. The molecule has 3 rings (SSSR count). The van der Waals surface area contributed by atoms with Crippen molar-refractivity contribution in [3.05, 3.63) is 65.9 Å². The molecule has 3 aromatic rings. The minimum absolute atomic E-state index is 0.113. The van der Waals surface area contributed by atoms with Gasteiger partial charge in [-0.2, -0.15) is 0 Å². The zero-order chi connectivity index (χ0) is 20.8. The molecule has 0 saturated heterocycles. The second kappa shape index (κ2) is 8.92. The van der Waals surface area contributed by atoms with Gasteiger partial charge in [0.2, 0.25) is 5.91 Å². The maximum Gasteiger partial charge on any atom is 0.326 e. The van der Waals surface area contributed by atoms with E-state index in [1.807, 2.05) is 43.3 Å². The summed E-state index contributed by atoms with van der Waals surface area (Å²) in [4.78, 5) is 38.8. The summed E-state index contributed by atoms with van der Waals surface area (Å²) in [5.74, 6) is -1.56. The third-order valence-corrected chi connectivity index (χ3v) is 4.53. The first-order valence-electron chi connectivity index (χ1n) is 9.11. The van der Waals surface area contributed by atoms with Gasteiger partial charge in [0.25, 0.3) is 0 Å². The molecule has 8 nitrogen and oxygen atoms in total. The van der Waals surface area contributed by atoms with Gasteiger partial charge in [0, 0.05) is 29.2 Å². The van der Waals surface area contributed by atoms with Crippen LogP contribution in [0.4, 0.5) is 10.5 Å². The number of urea groups is 1. The Kier molecular flexibility index (Phi) is 6.13. The van der Waals surface area contributed by atoms with Crippen LogP contribution >= 0.6 is 0 Å². The largest absolute Gasteiger partial charge is 0.480 e. The molecule has 0 radical (unpaired) electrons. The van der Waals surface area contributed by atoms with Crippen LogP contribution in [0.2, 0.25) is 0 Å². The van der Waals surface area contributed by atoms with Crippen molar-refractivity contribution in [2.24, 2.45) is 0 Å². The molecule has 8 heteroatoms. The summed E-state index contributed by atoms with van der Waals surface area (Å²) in [5.41, 5.74) is 3.23. The third-order valence-electron chi connectivity index (χ3n) is 4.53. The van der Waals surface area contributed by atoms with E-state index in [9.17, 15) is 19.5 Å². The zero-order valence-electron chi connectivity index (χ0n) is 15.9. The Bertz CT molecular complexity index is 1040. The van der Waals surface area contributed by atoms with Gasteiger partial charge in [0.05, 0.1) is 6.54 Å². The number of hydrogen-bond donors (Lipinski definition) is 5. The van der Waals surface area contributed by atoms with Gasteiger partial charge >= 0.3 is 12.0 Å². The molecule has 0 bridgehead atoms. The summed E-state index contributed by atoms with van der Waals surface area (Å²) < 4.78 is 0. The SMILES string of the molecule is Cc1ccccc1NC(=O)CNC(=O)N[C@@H](Cc1c[nH]c2ccccc12)C(=O)O. The normalized spacial score (nSPS) is 11.6. The summed E-state index contributed by atoms with van der Waals surface area (Å²) in [6, 6.07) is 12.9. The number of amides is 3. The van der Waals surface area contributed by atoms with Crippen molar-refractivity contribution in [1.82, 2.24) is 15.6 Å². The quantitative estimate of drug-likeness (QED) is 0.422. The molecule has 0 fully saturated rings. The Morgan fingerprint density at radius 3 is 2.55 bits per heavy atom. The number of carbonyl (C=O) groups excluding carboxylic acids is 2. The van der Waals surface area contributed by atoms with Crippen LogP contribution in [0.3, 0.4) is 0 Å². The highest BCUT2D eigenvalue weighted by Crippen LogP contribution is 2.19. The molecule has 0 aliphatic rings. The Balaban J connectivity index is 1.55. The van der Waals surface area contributed by atoms with Gasteiger partial charge in [-0.3, -0.25) is 4.79 Å². The fraction of sp³-hybridized carbons (Fsp3) is 0.190. The summed E-state index contributed by atoms with van der Waals surface area (Å²) in [6.07, 6.45) is 1.85. The Morgan fingerprint density at radius 1 is 1.07 bits per heavy atom. The van der Waals surface area contributed by atoms with E-state index in [-0.39, 0.29) is 13.0 Å². The van der Waals surface area contributed by atoms with Gasteiger partial charge in [-0.1, -0.05) is 36.4 Å². The van der Waals surface area contributed by atoms with Gasteiger partial charge in [-0.25, -0.2) is 9.59 Å². The fourth-order valence-corrected chi connectivity index (χ4v) is 3.00. The van der Waals surface area contributed by atoms with Crippen molar-refractivity contribution < 1.29 is 19.5 Å². The molecule has 0 saturated carbocycles. The number of H-pyrrole nitrogens is 1. The summed E-state index contributed by atoms with van der Waals surface area (Å²) in [5, 5.41) is 17.9. The molecule has 3 amide bonds. The number of anilines is 1. The highest BCUT2D eigenvalue weighted by molar-refractivity contribution is 5.95. The van der Waals surface area contributed by atoms with Crippen molar-refractivity contribution in [3.63, 3.8) is 0 Å². The second-order valence-electron chi connectivity index (χ2n) is 6.64. The van der Waals surface area contributed by atoms with Crippen LogP contribution in [0.25, 0.3) is 10.9 Å². The van der Waals surface area contributed by atoms with E-state index in [0.29, 0.717) is 5.69 Å². The Labute approximate surface area is 167 Å². The van der Waals surface area contributed by atoms with Gasteiger partial charge in [-0.05, 0) is 30.2 Å². The Hall–Kier alpha value is -3.81. The molecule has 0 aliphatic carbocycles. The van der Waals surface area contributed by atoms with Crippen molar-refractivity contribution >= 4 is 34.5 Å². The second-order valence-corrected chi connectivity index (χ2v) is 6.64. The lowest BCUT2D eigenvalue weighted by Gasteiger charge is -2.15. The van der Waals surface area contributed by atoms with Crippen LogP contribution in [0.5, 0.6) is 0 Å². The molecule has 1 atom stereocenters. The molecule has 1 aromatic heterocycles. The number of aryl methyl sites for hydroxylation is 1. The zero-order valence-corrected chi connectivity index (χ0v) is 15.9. The van der Waals surface area contributed by atoms with Crippen LogP contribution in [-0.4, -0.2) is 40.6 Å². The molecular formula is C21H22N4O4. The number of aromatic nitrogens is 1. The van der Waals surface area contributed by atoms with Crippen LogP contribution in [0.15, 0.2) is 54.7 Å². The number of carboxylic acid groups (broad SMARTS) is 1. The summed E-state index contributed by atoms with van der Waals surface area (Å²) in [6.45, 7) is 1.58. The standard InChI is InChI=1S/C21H22N4O4/c1-13-6-2-4-8-16(13)24-19(26)12-23-21(29)25-18(20(27)28)10-14-11-22-17-9-5-3-7-15(14)17/h2-9,11,18,22H,10,12H2,1H3,(H,24,26)(H,27,28)(H2,23,25,29)/t18-/m0/s1. The van der Waals surface area contributed by atoms with E-state index in [1.54, 1.807) is 18.3 Å². The van der Waals surface area contributed by atoms with Gasteiger partial charge in [-0.15, -0.1) is 0 Å². The van der Waals surface area contributed by atoms with Crippen LogP contribution < -0.4 is 16.0 Å². The average molecular weight is 394 g/mol. The topological polar surface area (TPSA) is 123 Å². The van der Waals surface area contributed by atoms with Crippen molar-refractivity contribution in [1.29, 1.82) is 0 Å². The number of para-hydroxylation sites is 2. The molecule has 0 spiro atoms. The first kappa shape index (κ1) is 19.9. The maximum absolute atomic E-state index is 12.1. The van der Waals surface area contributed by atoms with Gasteiger partial charge in [0.15, 0.2) is 0 Å². The first-order valence-corrected chi connectivity index (χ1v) is 9.11. The van der Waals surface area contributed by atoms with Crippen molar-refractivity contribution in [2.45, 2.75) is 19.4 Å². The molecule has 2 aromatic carbocycles. The van der Waals surface area contributed by atoms with Crippen LogP contribution in [-0.2, 0) is 16.0 Å². The van der Waals surface area contributed by atoms with E-state index >= 15 is 0 Å². The van der Waals surface area contributed by atoms with E-state index in [2.05, 4.69) is 20.9 Å². The fourth-order valence-electron chi connectivity index (χ4n) is 3.00. The van der Waals surface area contributed by atoms with Crippen LogP contribution in [0, 0.1) is 6.92 Å². The minimum Gasteiger partial charge on any atom is -0.480 e. The highest BCUT2D eigenvalue weighted by atomic mass is 16.4. The van der Waals surface area contributed by atoms with E-state index in [0.717, 1.165) is 22.0 Å². The molecule has 0 aliphatic heterocycles. The average Bonchev–Trinajstić information content (AvgIpc) is 3.10. The minimum atomic E-state index is -1.16. The number of rotatable bonds is 7. The van der Waals surface area contributed by atoms with Gasteiger partial charge < -0.3 is 26.0 Å². The monoisotopic (exact) mass is 394 g/mol. The number of fused-ring (bicyclic) bond motifs is 1. The number of carboxylic acids is 1. The molecular weight excluding hydrogens is 372 g/mol. The third kappa shape index (κ3) is 5.13. The number of aliphatic carboxylic acids is 1. The lowest BCUT2D eigenvalue weighted by molar-refractivity contribution is -0.139. The molecule has 29 heavy (non-hydrogen) atoms. The van der Waals surface area contributed by atoms with E-state index in [1.165, 1.54) is 0 Å². The molecule has 5 N–H and O–H groups in total. The number of nitrogens with one attached hydrogen (secondary N) is 4. The van der Waals surface area contributed by atoms with E-state index < -0.39 is 23.9 Å². The lowest BCUT2D eigenvalue weighted by Crippen LogP contribution is -2.48. The number of aromatic amines is 1. The lowest BCUT2D eigenvalue weighted by atomic mass is 10.1. The number of hydrogen-bond acceptors (Lipinski definition) is 3. The first-order chi connectivity index (χ1) is 13.9.